The summed E-state index contributed by atoms with van der Waals surface area (Å²) in [6, 6.07) is 0. The molecule has 1 amide bonds. The molecular formula is C19H25F3N4O2. The average molecular weight is 398 g/mol. The van der Waals surface area contributed by atoms with Crippen molar-refractivity contribution in [2.45, 2.75) is 51.1 Å². The fourth-order valence-electron chi connectivity index (χ4n) is 3.80. The summed E-state index contributed by atoms with van der Waals surface area (Å²) in [6.45, 7) is 1.95. The van der Waals surface area contributed by atoms with Gasteiger partial charge in [0.25, 0.3) is 0 Å². The minimum Gasteiger partial charge on any atom is -0.339 e. The number of alkyl halides is 3. The third kappa shape index (κ3) is 5.20. The Balaban J connectivity index is 1.42. The Morgan fingerprint density at radius 1 is 1.11 bits per heavy atom. The summed E-state index contributed by atoms with van der Waals surface area (Å²) in [5.74, 6) is 0.770. The SMILES string of the molecule is O=C1CCCCC1CCCC(=O)N1CCN(c2ncc(C(F)(F)F)cn2)CC1. The topological polar surface area (TPSA) is 66.4 Å². The number of amides is 1. The van der Waals surface area contributed by atoms with E-state index in [-0.39, 0.29) is 17.8 Å². The zero-order valence-electron chi connectivity index (χ0n) is 15.7. The van der Waals surface area contributed by atoms with Crippen molar-refractivity contribution < 1.29 is 22.8 Å². The van der Waals surface area contributed by atoms with E-state index in [1.54, 1.807) is 9.80 Å². The molecule has 3 rings (SSSR count). The lowest BCUT2D eigenvalue weighted by Gasteiger charge is -2.35. The number of carbonyl (C=O) groups is 2. The zero-order chi connectivity index (χ0) is 20.1. The number of hydrogen-bond acceptors (Lipinski definition) is 5. The summed E-state index contributed by atoms with van der Waals surface area (Å²) in [6.07, 6.45) is 2.75. The van der Waals surface area contributed by atoms with Gasteiger partial charge in [-0.2, -0.15) is 13.2 Å². The molecule has 0 N–H and O–H groups in total. The quantitative estimate of drug-likeness (QED) is 0.763. The molecule has 1 atom stereocenters. The summed E-state index contributed by atoms with van der Waals surface area (Å²) in [4.78, 5) is 35.4. The van der Waals surface area contributed by atoms with E-state index in [9.17, 15) is 22.8 Å². The van der Waals surface area contributed by atoms with Crippen LogP contribution in [0.3, 0.4) is 0 Å². The van der Waals surface area contributed by atoms with E-state index in [1.807, 2.05) is 0 Å². The van der Waals surface area contributed by atoms with Crippen LogP contribution in [0.15, 0.2) is 12.4 Å². The van der Waals surface area contributed by atoms with Crippen LogP contribution in [0.25, 0.3) is 0 Å². The van der Waals surface area contributed by atoms with Crippen molar-refractivity contribution >= 4 is 17.6 Å². The first-order chi connectivity index (χ1) is 13.3. The van der Waals surface area contributed by atoms with Crippen LogP contribution in [0, 0.1) is 5.92 Å². The largest absolute Gasteiger partial charge is 0.419 e. The normalized spacial score (nSPS) is 21.1. The molecule has 0 spiro atoms. The lowest BCUT2D eigenvalue weighted by molar-refractivity contribution is -0.138. The number of anilines is 1. The van der Waals surface area contributed by atoms with Crippen LogP contribution < -0.4 is 4.90 Å². The lowest BCUT2D eigenvalue weighted by Crippen LogP contribution is -2.49. The highest BCUT2D eigenvalue weighted by atomic mass is 19.4. The molecule has 2 heterocycles. The van der Waals surface area contributed by atoms with E-state index in [0.29, 0.717) is 44.8 Å². The van der Waals surface area contributed by atoms with Crippen molar-refractivity contribution in [1.82, 2.24) is 14.9 Å². The number of carbonyl (C=O) groups excluding carboxylic acids is 2. The molecule has 1 aromatic rings. The smallest absolute Gasteiger partial charge is 0.339 e. The maximum absolute atomic E-state index is 12.6. The highest BCUT2D eigenvalue weighted by molar-refractivity contribution is 5.81. The van der Waals surface area contributed by atoms with Gasteiger partial charge in [-0.3, -0.25) is 9.59 Å². The fourth-order valence-corrected chi connectivity index (χ4v) is 3.80. The number of halogens is 3. The summed E-state index contributed by atoms with van der Waals surface area (Å²) in [5.41, 5.74) is -0.874. The first-order valence-corrected chi connectivity index (χ1v) is 9.79. The second-order valence-electron chi connectivity index (χ2n) is 7.44. The molecule has 6 nitrogen and oxygen atoms in total. The molecular weight excluding hydrogens is 373 g/mol. The molecule has 1 saturated carbocycles. The van der Waals surface area contributed by atoms with Crippen molar-refractivity contribution in [3.63, 3.8) is 0 Å². The van der Waals surface area contributed by atoms with Gasteiger partial charge in [-0.15, -0.1) is 0 Å². The van der Waals surface area contributed by atoms with Crippen LogP contribution in [0.1, 0.15) is 50.5 Å². The zero-order valence-corrected chi connectivity index (χ0v) is 15.7. The number of rotatable bonds is 5. The predicted molar refractivity (Wildman–Crippen MR) is 96.6 cm³/mol. The molecule has 0 bridgehead atoms. The van der Waals surface area contributed by atoms with E-state index in [2.05, 4.69) is 9.97 Å². The minimum absolute atomic E-state index is 0.0660. The van der Waals surface area contributed by atoms with Gasteiger partial charge in [-0.25, -0.2) is 9.97 Å². The molecule has 2 aliphatic rings. The standard InChI is InChI=1S/C19H25F3N4O2/c20-19(21,22)15-12-23-18(24-13-15)26-10-8-25(9-11-26)17(28)7-3-5-14-4-1-2-6-16(14)27/h12-14H,1-11H2. The van der Waals surface area contributed by atoms with Gasteiger partial charge in [0.15, 0.2) is 0 Å². The Morgan fingerprint density at radius 2 is 1.79 bits per heavy atom. The molecule has 2 fully saturated rings. The van der Waals surface area contributed by atoms with Gasteiger partial charge in [0.1, 0.15) is 5.78 Å². The predicted octanol–water partition coefficient (Wildman–Crippen LogP) is 3.07. The highest BCUT2D eigenvalue weighted by Gasteiger charge is 2.32. The van der Waals surface area contributed by atoms with Crippen molar-refractivity contribution in [3.8, 4) is 0 Å². The van der Waals surface area contributed by atoms with Crippen LogP contribution >= 0.6 is 0 Å². The fraction of sp³-hybridized carbons (Fsp3) is 0.684. The van der Waals surface area contributed by atoms with Crippen LogP contribution in [0.5, 0.6) is 0 Å². The van der Waals surface area contributed by atoms with Crippen LogP contribution in [-0.4, -0.2) is 52.7 Å². The van der Waals surface area contributed by atoms with Gasteiger partial charge in [-0.05, 0) is 25.7 Å². The van der Waals surface area contributed by atoms with Gasteiger partial charge in [-0.1, -0.05) is 6.42 Å². The van der Waals surface area contributed by atoms with Crippen molar-refractivity contribution in [2.75, 3.05) is 31.1 Å². The summed E-state index contributed by atoms with van der Waals surface area (Å²) < 4.78 is 37.8. The van der Waals surface area contributed by atoms with Crippen LogP contribution in [-0.2, 0) is 15.8 Å². The van der Waals surface area contributed by atoms with Gasteiger partial charge in [0.2, 0.25) is 11.9 Å². The molecule has 1 aromatic heterocycles. The summed E-state index contributed by atoms with van der Waals surface area (Å²) >= 11 is 0. The molecule has 1 aliphatic heterocycles. The molecule has 1 saturated heterocycles. The number of aromatic nitrogens is 2. The Morgan fingerprint density at radius 3 is 2.39 bits per heavy atom. The Labute approximate surface area is 162 Å². The molecule has 1 aliphatic carbocycles. The average Bonchev–Trinajstić information content (AvgIpc) is 2.69. The Hall–Kier alpha value is -2.19. The number of hydrogen-bond donors (Lipinski definition) is 0. The Kier molecular flexibility index (Phi) is 6.51. The van der Waals surface area contributed by atoms with E-state index < -0.39 is 11.7 Å². The maximum Gasteiger partial charge on any atom is 0.419 e. The van der Waals surface area contributed by atoms with Crippen molar-refractivity contribution in [1.29, 1.82) is 0 Å². The number of Topliss-reactive ketones (excluding diaryl/α,β-unsaturated/α-hetero) is 1. The molecule has 0 radical (unpaired) electrons. The van der Waals surface area contributed by atoms with Gasteiger partial charge in [0.05, 0.1) is 5.56 Å². The molecule has 1 unspecified atom stereocenters. The first kappa shape index (κ1) is 20.5. The third-order valence-electron chi connectivity index (χ3n) is 5.51. The number of nitrogens with zero attached hydrogens (tertiary/aromatic N) is 4. The van der Waals surface area contributed by atoms with E-state index in [0.717, 1.165) is 44.5 Å². The molecule has 154 valence electrons. The van der Waals surface area contributed by atoms with E-state index >= 15 is 0 Å². The van der Waals surface area contributed by atoms with Gasteiger partial charge >= 0.3 is 6.18 Å². The summed E-state index contributed by atoms with van der Waals surface area (Å²) in [5, 5.41) is 0. The van der Waals surface area contributed by atoms with Crippen molar-refractivity contribution in [3.05, 3.63) is 18.0 Å². The van der Waals surface area contributed by atoms with E-state index in [1.165, 1.54) is 0 Å². The van der Waals surface area contributed by atoms with Crippen molar-refractivity contribution in [2.24, 2.45) is 5.92 Å². The third-order valence-corrected chi connectivity index (χ3v) is 5.51. The molecule has 0 aromatic carbocycles. The minimum atomic E-state index is -4.45. The second kappa shape index (κ2) is 8.87. The monoisotopic (exact) mass is 398 g/mol. The maximum atomic E-state index is 12.6. The lowest BCUT2D eigenvalue weighted by atomic mass is 9.84. The number of piperazine rings is 1. The summed E-state index contributed by atoms with van der Waals surface area (Å²) in [7, 11) is 0. The van der Waals surface area contributed by atoms with Crippen LogP contribution in [0.2, 0.25) is 0 Å². The van der Waals surface area contributed by atoms with Gasteiger partial charge < -0.3 is 9.80 Å². The molecule has 28 heavy (non-hydrogen) atoms. The van der Waals surface area contributed by atoms with Gasteiger partial charge in [0, 0.05) is 57.3 Å². The second-order valence-corrected chi connectivity index (χ2v) is 7.44. The highest BCUT2D eigenvalue weighted by Crippen LogP contribution is 2.28. The Bertz CT molecular complexity index is 685. The molecule has 9 heteroatoms. The first-order valence-electron chi connectivity index (χ1n) is 9.79. The van der Waals surface area contributed by atoms with Crippen LogP contribution in [0.4, 0.5) is 19.1 Å². The van der Waals surface area contributed by atoms with E-state index in [4.69, 9.17) is 0 Å². The number of ketones is 1.